The number of nitrogens with zero attached hydrogens (tertiary/aromatic N) is 1. The van der Waals surface area contributed by atoms with Crippen LogP contribution in [0.4, 0.5) is 15.8 Å². The van der Waals surface area contributed by atoms with Crippen LogP contribution in [0.1, 0.15) is 42.1 Å². The lowest BCUT2D eigenvalue weighted by molar-refractivity contribution is -0.123. The average Bonchev–Trinajstić information content (AvgIpc) is 2.67. The normalized spacial score (nSPS) is 15.3. The second-order valence-electron chi connectivity index (χ2n) is 6.70. The number of hydrogen-bond acceptors (Lipinski definition) is 3. The molecular formula is C21H21ClFN3O3. The molecule has 29 heavy (non-hydrogen) atoms. The molecule has 8 heteroatoms. The molecule has 2 N–H and O–H groups in total. The smallest absolute Gasteiger partial charge is 0.255 e. The van der Waals surface area contributed by atoms with Crippen LogP contribution in [0.25, 0.3) is 0 Å². The monoisotopic (exact) mass is 417 g/mol. The van der Waals surface area contributed by atoms with Gasteiger partial charge in [0.2, 0.25) is 11.8 Å². The number of amides is 3. The SMILES string of the molecule is CCN(CC)C(=O)c1ccc(NC(=O)C2CC(=O)Nc3cc(F)ccc32)cc1Cl. The number of hydrogen-bond donors (Lipinski definition) is 2. The van der Waals surface area contributed by atoms with Crippen molar-refractivity contribution in [2.24, 2.45) is 0 Å². The van der Waals surface area contributed by atoms with Gasteiger partial charge in [-0.05, 0) is 49.7 Å². The van der Waals surface area contributed by atoms with Gasteiger partial charge in [-0.15, -0.1) is 0 Å². The van der Waals surface area contributed by atoms with E-state index in [1.165, 1.54) is 24.3 Å². The van der Waals surface area contributed by atoms with Gasteiger partial charge >= 0.3 is 0 Å². The third kappa shape index (κ3) is 4.40. The van der Waals surface area contributed by atoms with E-state index in [0.717, 1.165) is 0 Å². The molecule has 2 aromatic carbocycles. The summed E-state index contributed by atoms with van der Waals surface area (Å²) in [7, 11) is 0. The molecular weight excluding hydrogens is 397 g/mol. The fourth-order valence-electron chi connectivity index (χ4n) is 3.35. The highest BCUT2D eigenvalue weighted by molar-refractivity contribution is 6.34. The quantitative estimate of drug-likeness (QED) is 0.771. The van der Waals surface area contributed by atoms with Crippen LogP contribution in [0.15, 0.2) is 36.4 Å². The van der Waals surface area contributed by atoms with E-state index in [-0.39, 0.29) is 23.3 Å². The number of fused-ring (bicyclic) bond motifs is 1. The van der Waals surface area contributed by atoms with Crippen molar-refractivity contribution in [2.45, 2.75) is 26.2 Å². The summed E-state index contributed by atoms with van der Waals surface area (Å²) in [6.07, 6.45) is -0.0449. The molecule has 3 rings (SSSR count). The molecule has 1 aliphatic rings. The minimum absolute atomic E-state index is 0.0449. The van der Waals surface area contributed by atoms with Gasteiger partial charge in [-0.2, -0.15) is 0 Å². The standard InChI is InChI=1S/C21H21ClFN3O3/c1-3-26(4-2)21(29)15-8-6-13(10-17(15)22)24-20(28)16-11-19(27)25-18-9-12(23)5-7-14(16)18/h5-10,16H,3-4,11H2,1-2H3,(H,24,28)(H,25,27). The topological polar surface area (TPSA) is 78.5 Å². The highest BCUT2D eigenvalue weighted by Crippen LogP contribution is 2.34. The van der Waals surface area contributed by atoms with Gasteiger partial charge in [0.15, 0.2) is 0 Å². The summed E-state index contributed by atoms with van der Waals surface area (Å²) in [5.41, 5.74) is 1.60. The van der Waals surface area contributed by atoms with Crippen molar-refractivity contribution in [2.75, 3.05) is 23.7 Å². The first-order valence-electron chi connectivity index (χ1n) is 9.33. The molecule has 0 radical (unpaired) electrons. The van der Waals surface area contributed by atoms with Crippen molar-refractivity contribution in [1.82, 2.24) is 4.90 Å². The Labute approximate surface area is 173 Å². The zero-order valence-electron chi connectivity index (χ0n) is 16.1. The van der Waals surface area contributed by atoms with E-state index in [4.69, 9.17) is 11.6 Å². The largest absolute Gasteiger partial charge is 0.339 e. The second kappa shape index (κ2) is 8.61. The highest BCUT2D eigenvalue weighted by atomic mass is 35.5. The molecule has 2 aromatic rings. The lowest BCUT2D eigenvalue weighted by Gasteiger charge is -2.25. The number of benzene rings is 2. The maximum atomic E-state index is 13.5. The van der Waals surface area contributed by atoms with E-state index in [0.29, 0.717) is 35.6 Å². The molecule has 6 nitrogen and oxygen atoms in total. The van der Waals surface area contributed by atoms with Gasteiger partial charge in [0.1, 0.15) is 5.82 Å². The highest BCUT2D eigenvalue weighted by Gasteiger charge is 2.31. The summed E-state index contributed by atoms with van der Waals surface area (Å²) < 4.78 is 13.5. The molecule has 1 atom stereocenters. The van der Waals surface area contributed by atoms with Gasteiger partial charge in [0, 0.05) is 30.9 Å². The molecule has 0 saturated carbocycles. The number of anilines is 2. The van der Waals surface area contributed by atoms with Crippen LogP contribution in [-0.2, 0) is 9.59 Å². The van der Waals surface area contributed by atoms with Crippen LogP contribution in [0.5, 0.6) is 0 Å². The molecule has 152 valence electrons. The fourth-order valence-corrected chi connectivity index (χ4v) is 3.61. The number of carbonyl (C=O) groups excluding carboxylic acids is 3. The van der Waals surface area contributed by atoms with E-state index in [1.807, 2.05) is 13.8 Å². The molecule has 1 unspecified atom stereocenters. The minimum Gasteiger partial charge on any atom is -0.339 e. The van der Waals surface area contributed by atoms with Gasteiger partial charge in [-0.3, -0.25) is 14.4 Å². The minimum atomic E-state index is -0.755. The maximum Gasteiger partial charge on any atom is 0.255 e. The Kier molecular flexibility index (Phi) is 6.17. The molecule has 0 fully saturated rings. The van der Waals surface area contributed by atoms with Crippen molar-refractivity contribution in [3.8, 4) is 0 Å². The first kappa shape index (κ1) is 20.8. The Balaban J connectivity index is 1.81. The van der Waals surface area contributed by atoms with Crippen LogP contribution < -0.4 is 10.6 Å². The predicted octanol–water partition coefficient (Wildman–Crippen LogP) is 4.03. The summed E-state index contributed by atoms with van der Waals surface area (Å²) in [4.78, 5) is 38.8. The van der Waals surface area contributed by atoms with Crippen molar-refractivity contribution in [1.29, 1.82) is 0 Å². The first-order valence-corrected chi connectivity index (χ1v) is 9.70. The van der Waals surface area contributed by atoms with E-state index >= 15 is 0 Å². The van der Waals surface area contributed by atoms with E-state index in [1.54, 1.807) is 17.0 Å². The Morgan fingerprint density at radius 2 is 1.93 bits per heavy atom. The average molecular weight is 418 g/mol. The van der Waals surface area contributed by atoms with E-state index in [9.17, 15) is 18.8 Å². The van der Waals surface area contributed by atoms with Crippen LogP contribution in [0.3, 0.4) is 0 Å². The van der Waals surface area contributed by atoms with Gasteiger partial charge in [0.25, 0.3) is 5.91 Å². The number of rotatable bonds is 5. The Morgan fingerprint density at radius 1 is 1.21 bits per heavy atom. The van der Waals surface area contributed by atoms with E-state index in [2.05, 4.69) is 10.6 Å². The van der Waals surface area contributed by atoms with E-state index < -0.39 is 17.6 Å². The van der Waals surface area contributed by atoms with Crippen molar-refractivity contribution in [3.63, 3.8) is 0 Å². The third-order valence-corrected chi connectivity index (χ3v) is 5.20. The summed E-state index contributed by atoms with van der Waals surface area (Å²) in [5, 5.41) is 5.53. The van der Waals surface area contributed by atoms with Gasteiger partial charge in [-0.25, -0.2) is 4.39 Å². The number of halogens is 2. The van der Waals surface area contributed by atoms with Crippen LogP contribution >= 0.6 is 11.6 Å². The Morgan fingerprint density at radius 3 is 2.59 bits per heavy atom. The van der Waals surface area contributed by atoms with Crippen LogP contribution in [0.2, 0.25) is 5.02 Å². The molecule has 0 bridgehead atoms. The second-order valence-corrected chi connectivity index (χ2v) is 7.10. The molecule has 0 aliphatic carbocycles. The number of nitrogens with one attached hydrogen (secondary N) is 2. The maximum absolute atomic E-state index is 13.5. The first-order chi connectivity index (χ1) is 13.8. The van der Waals surface area contributed by atoms with Crippen molar-refractivity contribution in [3.05, 3.63) is 58.4 Å². The Bertz CT molecular complexity index is 976. The predicted molar refractivity (Wildman–Crippen MR) is 110 cm³/mol. The molecule has 1 aliphatic heterocycles. The number of carbonyl (C=O) groups is 3. The zero-order chi connectivity index (χ0) is 21.1. The molecule has 0 saturated heterocycles. The summed E-state index contributed by atoms with van der Waals surface area (Å²) in [6.45, 7) is 4.89. The summed E-state index contributed by atoms with van der Waals surface area (Å²) in [5.74, 6) is -2.20. The zero-order valence-corrected chi connectivity index (χ0v) is 16.8. The van der Waals surface area contributed by atoms with Crippen LogP contribution in [-0.4, -0.2) is 35.7 Å². The van der Waals surface area contributed by atoms with Gasteiger partial charge in [-0.1, -0.05) is 17.7 Å². The molecule has 1 heterocycles. The van der Waals surface area contributed by atoms with Gasteiger partial charge in [0.05, 0.1) is 16.5 Å². The Hall–Kier alpha value is -2.93. The van der Waals surface area contributed by atoms with Crippen molar-refractivity contribution < 1.29 is 18.8 Å². The fraction of sp³-hybridized carbons (Fsp3) is 0.286. The van der Waals surface area contributed by atoms with Crippen molar-refractivity contribution >= 4 is 40.7 Å². The third-order valence-electron chi connectivity index (χ3n) is 4.89. The molecule has 0 spiro atoms. The summed E-state index contributed by atoms with van der Waals surface area (Å²) in [6, 6.07) is 8.60. The molecule has 3 amide bonds. The van der Waals surface area contributed by atoms with Crippen LogP contribution in [0, 0.1) is 5.82 Å². The lowest BCUT2D eigenvalue weighted by atomic mass is 9.89. The molecule has 0 aromatic heterocycles. The lowest BCUT2D eigenvalue weighted by Crippen LogP contribution is -2.31. The summed E-state index contributed by atoms with van der Waals surface area (Å²) >= 11 is 6.27. The van der Waals surface area contributed by atoms with Gasteiger partial charge < -0.3 is 15.5 Å².